The van der Waals surface area contributed by atoms with E-state index in [4.69, 9.17) is 0 Å². The first-order chi connectivity index (χ1) is 1.41. The Morgan fingerprint density at radius 1 is 1.75 bits per heavy atom. The molecule has 0 aliphatic rings. The van der Waals surface area contributed by atoms with Gasteiger partial charge in [-0.2, -0.15) is 0 Å². The minimum atomic E-state index is 0. The molecule has 4 heavy (non-hydrogen) atoms. The molecular weight excluding hydrogens is 183 g/mol. The minimum Gasteiger partial charge on any atom is -1.00 e. The van der Waals surface area contributed by atoms with Crippen molar-refractivity contribution in [3.8, 4) is 0 Å². The smallest absolute Gasteiger partial charge is 0.100 e. The number of halogens is 1. The maximum absolute atomic E-state index is 3.18. The summed E-state index contributed by atoms with van der Waals surface area (Å²) >= 11 is 3.18. The van der Waals surface area contributed by atoms with Gasteiger partial charge < -0.3 is 24.0 Å². The molecule has 28 valence electrons. The van der Waals surface area contributed by atoms with E-state index in [0.717, 1.165) is 5.75 Å². The van der Waals surface area contributed by atoms with E-state index in [1.54, 1.807) is 0 Å². The molecular formula is C2H7IS. The predicted octanol–water partition coefficient (Wildman–Crippen LogP) is -2.98. The molecule has 0 aliphatic heterocycles. The zero-order valence-corrected chi connectivity index (χ0v) is 5.74. The fourth-order valence-electron chi connectivity index (χ4n) is 0. The molecule has 0 unspecified atom stereocenters. The summed E-state index contributed by atoms with van der Waals surface area (Å²) < 4.78 is 0. The van der Waals surface area contributed by atoms with Crippen molar-refractivity contribution in [3.05, 3.63) is 0 Å². The summed E-state index contributed by atoms with van der Waals surface area (Å²) in [6.07, 6.45) is 0. The summed E-state index contributed by atoms with van der Waals surface area (Å²) in [4.78, 5) is 0. The van der Waals surface area contributed by atoms with E-state index in [1.165, 1.54) is 0 Å². The molecule has 0 aliphatic carbocycles. The van der Waals surface area contributed by atoms with Crippen molar-refractivity contribution in [2.75, 3.05) is 5.75 Å². The van der Waals surface area contributed by atoms with E-state index in [1.807, 2.05) is 6.92 Å². The molecule has 0 nitrogen and oxygen atoms in total. The Labute approximate surface area is 49.4 Å². The van der Waals surface area contributed by atoms with Gasteiger partial charge in [-0.15, -0.1) is 0 Å². The Balaban J connectivity index is 0. The molecule has 0 aromatic rings. The van der Waals surface area contributed by atoms with Gasteiger partial charge in [0.2, 0.25) is 0 Å². The van der Waals surface area contributed by atoms with Crippen molar-refractivity contribution < 1.29 is 24.0 Å². The molecule has 0 saturated heterocycles. The maximum Gasteiger partial charge on any atom is 0.100 e. The molecule has 2 heteroatoms. The van der Waals surface area contributed by atoms with E-state index < -0.39 is 0 Å². The van der Waals surface area contributed by atoms with Gasteiger partial charge in [-0.05, 0) is 19.6 Å². The Morgan fingerprint density at radius 2 is 1.75 bits per heavy atom. The first kappa shape index (κ1) is 8.91. The van der Waals surface area contributed by atoms with Gasteiger partial charge >= 0.3 is 0 Å². The van der Waals surface area contributed by atoms with Crippen LogP contribution in [0.25, 0.3) is 0 Å². The van der Waals surface area contributed by atoms with Gasteiger partial charge in [-0.3, -0.25) is 0 Å². The highest BCUT2D eigenvalue weighted by molar-refractivity contribution is 7.58. The monoisotopic (exact) mass is 190 g/mol. The lowest BCUT2D eigenvalue weighted by atomic mass is 11.0. The molecule has 0 fully saturated rings. The van der Waals surface area contributed by atoms with Gasteiger partial charge in [0, 0.05) is 0 Å². The van der Waals surface area contributed by atoms with Gasteiger partial charge in [0.25, 0.3) is 0 Å². The highest BCUT2D eigenvalue weighted by atomic mass is 127. The maximum atomic E-state index is 3.18. The Morgan fingerprint density at radius 3 is 1.75 bits per heavy atom. The zero-order valence-electron chi connectivity index (χ0n) is 2.59. The molecule has 0 aromatic carbocycles. The molecule has 0 radical (unpaired) electrons. The average molecular weight is 190 g/mol. The number of rotatable bonds is 0. The Bertz CT molecular complexity index is 6.00. The van der Waals surface area contributed by atoms with Crippen LogP contribution in [0.15, 0.2) is 0 Å². The lowest BCUT2D eigenvalue weighted by molar-refractivity contribution is -0.000000633. The Kier molecular flexibility index (Phi) is 19.9. The Hall–Kier alpha value is 1.08. The van der Waals surface area contributed by atoms with Crippen molar-refractivity contribution >= 4 is 12.6 Å². The summed E-state index contributed by atoms with van der Waals surface area (Å²) in [6.45, 7) is 2.04. The van der Waals surface area contributed by atoms with Crippen LogP contribution in [-0.2, 0) is 12.6 Å². The van der Waals surface area contributed by atoms with E-state index in [2.05, 4.69) is 12.6 Å². The summed E-state index contributed by atoms with van der Waals surface area (Å²) in [5.74, 6) is 1.06. The van der Waals surface area contributed by atoms with Gasteiger partial charge in [0.15, 0.2) is 0 Å². The highest BCUT2D eigenvalue weighted by Crippen LogP contribution is 1.36. The number of hydrogen-bond donors (Lipinski definition) is 0. The van der Waals surface area contributed by atoms with Gasteiger partial charge in [-0.1, -0.05) is 0 Å². The van der Waals surface area contributed by atoms with Crippen LogP contribution < -0.4 is 24.0 Å². The molecule has 0 aromatic heterocycles. The van der Waals surface area contributed by atoms with E-state index in [0.29, 0.717) is 0 Å². The molecule has 0 saturated carbocycles. The number of hydrogen-bond acceptors (Lipinski definition) is 0. The van der Waals surface area contributed by atoms with Crippen molar-refractivity contribution in [3.63, 3.8) is 0 Å². The van der Waals surface area contributed by atoms with Crippen LogP contribution in [0.1, 0.15) is 6.92 Å². The van der Waals surface area contributed by atoms with Crippen molar-refractivity contribution in [2.45, 2.75) is 6.92 Å². The van der Waals surface area contributed by atoms with Crippen LogP contribution >= 0.6 is 0 Å². The average Bonchev–Trinajstić information content (AvgIpc) is 0.918. The quantitative estimate of drug-likeness (QED) is 0.282. The van der Waals surface area contributed by atoms with E-state index >= 15 is 0 Å². The SMILES string of the molecule is CC[SH2+].[I-]. The molecule has 0 N–H and O–H groups in total. The second kappa shape index (κ2) is 8.95. The molecule has 0 spiro atoms. The van der Waals surface area contributed by atoms with E-state index in [9.17, 15) is 0 Å². The molecule has 0 heterocycles. The topological polar surface area (TPSA) is 0 Å². The molecule has 0 rings (SSSR count). The summed E-state index contributed by atoms with van der Waals surface area (Å²) in [5.41, 5.74) is 0. The van der Waals surface area contributed by atoms with Crippen molar-refractivity contribution in [2.24, 2.45) is 0 Å². The third-order valence-corrected chi connectivity index (χ3v) is 0. The van der Waals surface area contributed by atoms with E-state index in [-0.39, 0.29) is 24.0 Å². The molecule has 0 atom stereocenters. The normalized spacial score (nSPS) is 4.50. The van der Waals surface area contributed by atoms with Crippen LogP contribution in [0.5, 0.6) is 0 Å². The van der Waals surface area contributed by atoms with Crippen LogP contribution in [0.3, 0.4) is 0 Å². The summed E-state index contributed by atoms with van der Waals surface area (Å²) in [5, 5.41) is 0. The third kappa shape index (κ3) is 11.4. The standard InChI is InChI=1S/C2H6S.HI/c1-2-3;/h3H,2H2,1H3;1H. The van der Waals surface area contributed by atoms with Crippen LogP contribution in [0.4, 0.5) is 0 Å². The second-order valence-corrected chi connectivity index (χ2v) is 1.06. The fraction of sp³-hybridized carbons (Fsp3) is 1.00. The fourth-order valence-corrected chi connectivity index (χ4v) is 0. The first-order valence-electron chi connectivity index (χ1n) is 1.06. The zero-order chi connectivity index (χ0) is 2.71. The highest BCUT2D eigenvalue weighted by Gasteiger charge is 1.45. The van der Waals surface area contributed by atoms with Gasteiger partial charge in [0.05, 0.1) is 0 Å². The van der Waals surface area contributed by atoms with Crippen molar-refractivity contribution in [1.82, 2.24) is 0 Å². The lowest BCUT2D eigenvalue weighted by Crippen LogP contribution is -3.00. The summed E-state index contributed by atoms with van der Waals surface area (Å²) in [7, 11) is 0. The molecule has 0 bridgehead atoms. The molecule has 0 amide bonds. The third-order valence-electron chi connectivity index (χ3n) is 0. The first-order valence-corrected chi connectivity index (χ1v) is 1.77. The van der Waals surface area contributed by atoms with Crippen LogP contribution in [0.2, 0.25) is 0 Å². The van der Waals surface area contributed by atoms with Gasteiger partial charge in [-0.25, -0.2) is 0 Å². The second-order valence-electron chi connectivity index (χ2n) is 0.354. The lowest BCUT2D eigenvalue weighted by Gasteiger charge is -1.38. The largest absolute Gasteiger partial charge is 1.00 e. The predicted molar refractivity (Wildman–Crippen MR) is 20.7 cm³/mol. The van der Waals surface area contributed by atoms with Crippen LogP contribution in [0, 0.1) is 0 Å². The minimum absolute atomic E-state index is 0. The summed E-state index contributed by atoms with van der Waals surface area (Å²) in [6, 6.07) is 0. The van der Waals surface area contributed by atoms with Gasteiger partial charge in [0.1, 0.15) is 5.75 Å². The van der Waals surface area contributed by atoms with Crippen LogP contribution in [-0.4, -0.2) is 5.75 Å². The van der Waals surface area contributed by atoms with Crippen molar-refractivity contribution in [1.29, 1.82) is 0 Å².